The Balaban J connectivity index is 2.35. The third-order valence-corrected chi connectivity index (χ3v) is 3.13. The SMILES string of the molecule is N#Cc1ccc(C(F)(F)F)nc1N1CCC(N)CC1. The Kier molecular flexibility index (Phi) is 3.62. The second-order valence-corrected chi connectivity index (χ2v) is 4.50. The van der Waals surface area contributed by atoms with Crippen LogP contribution in [0.3, 0.4) is 0 Å². The number of hydrogen-bond acceptors (Lipinski definition) is 4. The number of hydrogen-bond donors (Lipinski definition) is 1. The molecule has 102 valence electrons. The summed E-state index contributed by atoms with van der Waals surface area (Å²) < 4.78 is 37.9. The van der Waals surface area contributed by atoms with Gasteiger partial charge in [0.15, 0.2) is 0 Å². The Morgan fingerprint density at radius 3 is 2.47 bits per heavy atom. The van der Waals surface area contributed by atoms with E-state index in [2.05, 4.69) is 4.98 Å². The maximum atomic E-state index is 12.6. The highest BCUT2D eigenvalue weighted by atomic mass is 19.4. The Morgan fingerprint density at radius 2 is 1.95 bits per heavy atom. The highest BCUT2D eigenvalue weighted by molar-refractivity contribution is 5.54. The molecule has 0 atom stereocenters. The van der Waals surface area contributed by atoms with Crippen LogP contribution in [0, 0.1) is 11.3 Å². The molecule has 2 rings (SSSR count). The van der Waals surface area contributed by atoms with Gasteiger partial charge in [0.1, 0.15) is 17.6 Å². The van der Waals surface area contributed by atoms with E-state index in [1.54, 1.807) is 4.90 Å². The molecule has 1 aromatic rings. The number of alkyl halides is 3. The molecule has 2 heterocycles. The zero-order chi connectivity index (χ0) is 14.0. The monoisotopic (exact) mass is 270 g/mol. The molecule has 0 radical (unpaired) electrons. The average molecular weight is 270 g/mol. The maximum absolute atomic E-state index is 12.6. The molecule has 0 spiro atoms. The molecule has 1 fully saturated rings. The minimum Gasteiger partial charge on any atom is -0.355 e. The first-order valence-corrected chi connectivity index (χ1v) is 5.90. The van der Waals surface area contributed by atoms with Crippen molar-refractivity contribution in [3.05, 3.63) is 23.4 Å². The first-order valence-electron chi connectivity index (χ1n) is 5.90. The number of nitrogens with two attached hydrogens (primary N) is 1. The summed E-state index contributed by atoms with van der Waals surface area (Å²) in [6.45, 7) is 1.04. The lowest BCUT2D eigenvalue weighted by atomic mass is 10.1. The largest absolute Gasteiger partial charge is 0.433 e. The van der Waals surface area contributed by atoms with Crippen LogP contribution in [-0.4, -0.2) is 24.1 Å². The third-order valence-electron chi connectivity index (χ3n) is 3.13. The summed E-state index contributed by atoms with van der Waals surface area (Å²) in [5.74, 6) is 0.101. The number of aromatic nitrogens is 1. The van der Waals surface area contributed by atoms with Crippen LogP contribution in [0.2, 0.25) is 0 Å². The van der Waals surface area contributed by atoms with Crippen molar-refractivity contribution in [3.8, 4) is 6.07 Å². The predicted molar refractivity (Wildman–Crippen MR) is 63.4 cm³/mol. The van der Waals surface area contributed by atoms with E-state index in [0.717, 1.165) is 6.07 Å². The topological polar surface area (TPSA) is 65.9 Å². The van der Waals surface area contributed by atoms with Crippen LogP contribution in [0.5, 0.6) is 0 Å². The van der Waals surface area contributed by atoms with Crippen LogP contribution >= 0.6 is 0 Å². The molecule has 0 bridgehead atoms. The van der Waals surface area contributed by atoms with Crippen molar-refractivity contribution < 1.29 is 13.2 Å². The number of halogens is 3. The second-order valence-electron chi connectivity index (χ2n) is 4.50. The fourth-order valence-corrected chi connectivity index (χ4v) is 2.05. The molecule has 1 aromatic heterocycles. The van der Waals surface area contributed by atoms with E-state index in [1.807, 2.05) is 6.07 Å². The summed E-state index contributed by atoms with van der Waals surface area (Å²) in [7, 11) is 0. The Hall–Kier alpha value is -1.81. The van der Waals surface area contributed by atoms with Crippen molar-refractivity contribution in [1.82, 2.24) is 4.98 Å². The Morgan fingerprint density at radius 1 is 1.32 bits per heavy atom. The summed E-state index contributed by atoms with van der Waals surface area (Å²) in [6.07, 6.45) is -3.14. The van der Waals surface area contributed by atoms with Crippen molar-refractivity contribution in [2.45, 2.75) is 25.1 Å². The van der Waals surface area contributed by atoms with Crippen molar-refractivity contribution in [2.75, 3.05) is 18.0 Å². The van der Waals surface area contributed by atoms with Gasteiger partial charge in [-0.05, 0) is 25.0 Å². The van der Waals surface area contributed by atoms with Crippen LogP contribution in [0.4, 0.5) is 19.0 Å². The van der Waals surface area contributed by atoms with Gasteiger partial charge < -0.3 is 10.6 Å². The van der Waals surface area contributed by atoms with Gasteiger partial charge in [-0.2, -0.15) is 18.4 Å². The first-order chi connectivity index (χ1) is 8.91. The average Bonchev–Trinajstić information content (AvgIpc) is 2.38. The van der Waals surface area contributed by atoms with Gasteiger partial charge in [0.05, 0.1) is 5.56 Å². The lowest BCUT2D eigenvalue weighted by Crippen LogP contribution is -2.40. The van der Waals surface area contributed by atoms with Crippen LogP contribution in [0.25, 0.3) is 0 Å². The van der Waals surface area contributed by atoms with Crippen LogP contribution in [-0.2, 0) is 6.18 Å². The van der Waals surface area contributed by atoms with Gasteiger partial charge in [0.25, 0.3) is 0 Å². The highest BCUT2D eigenvalue weighted by Gasteiger charge is 2.34. The zero-order valence-corrected chi connectivity index (χ0v) is 10.1. The second kappa shape index (κ2) is 5.05. The smallest absolute Gasteiger partial charge is 0.355 e. The minimum absolute atomic E-state index is 0.0626. The molecule has 0 unspecified atom stereocenters. The van der Waals surface area contributed by atoms with Gasteiger partial charge in [0, 0.05) is 19.1 Å². The number of nitrogens with zero attached hydrogens (tertiary/aromatic N) is 3. The molecule has 4 nitrogen and oxygen atoms in total. The van der Waals surface area contributed by atoms with Crippen molar-refractivity contribution in [3.63, 3.8) is 0 Å². The molecule has 19 heavy (non-hydrogen) atoms. The van der Waals surface area contributed by atoms with Gasteiger partial charge in [-0.15, -0.1) is 0 Å². The molecule has 0 aliphatic carbocycles. The molecule has 0 saturated carbocycles. The summed E-state index contributed by atoms with van der Waals surface area (Å²) in [5, 5.41) is 8.97. The van der Waals surface area contributed by atoms with Gasteiger partial charge in [-0.1, -0.05) is 0 Å². The molecule has 0 amide bonds. The number of piperidine rings is 1. The van der Waals surface area contributed by atoms with E-state index in [-0.39, 0.29) is 17.4 Å². The van der Waals surface area contributed by atoms with E-state index in [0.29, 0.717) is 25.9 Å². The van der Waals surface area contributed by atoms with E-state index >= 15 is 0 Å². The fourth-order valence-electron chi connectivity index (χ4n) is 2.05. The maximum Gasteiger partial charge on any atom is 0.433 e. The standard InChI is InChI=1S/C12H13F3N4/c13-12(14,15)10-2-1-8(7-16)11(18-10)19-5-3-9(17)4-6-19/h1-2,9H,3-6,17H2. The quantitative estimate of drug-likeness (QED) is 0.846. The number of pyridine rings is 1. The summed E-state index contributed by atoms with van der Waals surface area (Å²) in [4.78, 5) is 5.29. The fraction of sp³-hybridized carbons (Fsp3) is 0.500. The normalized spacial score (nSPS) is 17.3. The molecule has 1 aliphatic rings. The predicted octanol–water partition coefficient (Wildman–Crippen LogP) is 1.90. The van der Waals surface area contributed by atoms with Crippen molar-refractivity contribution >= 4 is 5.82 Å². The number of anilines is 1. The highest BCUT2D eigenvalue weighted by Crippen LogP contribution is 2.31. The number of rotatable bonds is 1. The molecular weight excluding hydrogens is 257 g/mol. The van der Waals surface area contributed by atoms with Gasteiger partial charge >= 0.3 is 6.18 Å². The molecule has 2 N–H and O–H groups in total. The van der Waals surface area contributed by atoms with Crippen LogP contribution < -0.4 is 10.6 Å². The summed E-state index contributed by atoms with van der Waals surface area (Å²) >= 11 is 0. The van der Waals surface area contributed by atoms with Gasteiger partial charge in [-0.3, -0.25) is 0 Å². The molecule has 7 heteroatoms. The lowest BCUT2D eigenvalue weighted by molar-refractivity contribution is -0.141. The summed E-state index contributed by atoms with van der Waals surface area (Å²) in [5.41, 5.74) is 4.93. The Bertz CT molecular complexity index is 499. The van der Waals surface area contributed by atoms with Crippen molar-refractivity contribution in [1.29, 1.82) is 5.26 Å². The van der Waals surface area contributed by atoms with Gasteiger partial charge in [-0.25, -0.2) is 4.98 Å². The van der Waals surface area contributed by atoms with Crippen molar-refractivity contribution in [2.24, 2.45) is 5.73 Å². The number of nitriles is 1. The van der Waals surface area contributed by atoms with E-state index < -0.39 is 11.9 Å². The van der Waals surface area contributed by atoms with Gasteiger partial charge in [0.2, 0.25) is 0 Å². The molecular formula is C12H13F3N4. The minimum atomic E-state index is -4.51. The molecule has 1 aliphatic heterocycles. The zero-order valence-electron chi connectivity index (χ0n) is 10.1. The van der Waals surface area contributed by atoms with E-state index in [4.69, 9.17) is 11.0 Å². The van der Waals surface area contributed by atoms with E-state index in [9.17, 15) is 13.2 Å². The van der Waals surface area contributed by atoms with E-state index in [1.165, 1.54) is 6.07 Å². The Labute approximate surface area is 108 Å². The van der Waals surface area contributed by atoms with Crippen LogP contribution in [0.15, 0.2) is 12.1 Å². The summed E-state index contributed by atoms with van der Waals surface area (Å²) in [6, 6.07) is 3.94. The lowest BCUT2D eigenvalue weighted by Gasteiger charge is -2.31. The van der Waals surface area contributed by atoms with Crippen LogP contribution in [0.1, 0.15) is 24.1 Å². The molecule has 1 saturated heterocycles. The third kappa shape index (κ3) is 2.96. The first kappa shape index (κ1) is 13.6. The molecule has 0 aromatic carbocycles.